The van der Waals surface area contributed by atoms with E-state index in [2.05, 4.69) is 29.6 Å². The molecule has 28 heavy (non-hydrogen) atoms. The van der Waals surface area contributed by atoms with Gasteiger partial charge in [0.25, 0.3) is 0 Å². The Morgan fingerprint density at radius 3 is 2.11 bits per heavy atom. The van der Waals surface area contributed by atoms with E-state index in [0.29, 0.717) is 19.6 Å². The van der Waals surface area contributed by atoms with Crippen molar-refractivity contribution in [2.45, 2.75) is 18.9 Å². The Bertz CT molecular complexity index is 920. The van der Waals surface area contributed by atoms with E-state index in [1.54, 1.807) is 0 Å². The third-order valence-electron chi connectivity index (χ3n) is 5.17. The highest BCUT2D eigenvalue weighted by atomic mass is 16.5. The van der Waals surface area contributed by atoms with Crippen LogP contribution in [0.15, 0.2) is 72.8 Å². The number of hydrogen-bond donors (Lipinski definition) is 2. The Balaban J connectivity index is 1.32. The van der Waals surface area contributed by atoms with Crippen LogP contribution in [0.25, 0.3) is 11.1 Å². The molecular formula is C24H23NO3. The van der Waals surface area contributed by atoms with Crippen LogP contribution in [0, 0.1) is 0 Å². The number of fused-ring (bicyclic) bond motifs is 3. The SMILES string of the molecule is O=C(CCNc1ccc(CO)cc1)OCC1c2ccccc2-c2ccccc21. The van der Waals surface area contributed by atoms with Gasteiger partial charge in [-0.1, -0.05) is 60.7 Å². The molecule has 1 aliphatic rings. The highest BCUT2D eigenvalue weighted by Gasteiger charge is 2.28. The summed E-state index contributed by atoms with van der Waals surface area (Å²) in [6.45, 7) is 0.896. The van der Waals surface area contributed by atoms with Crippen LogP contribution in [-0.2, 0) is 16.1 Å². The maximum absolute atomic E-state index is 12.2. The molecule has 3 aromatic carbocycles. The lowest BCUT2D eigenvalue weighted by Crippen LogP contribution is -2.15. The molecule has 4 heteroatoms. The quantitative estimate of drug-likeness (QED) is 0.605. The number of esters is 1. The predicted molar refractivity (Wildman–Crippen MR) is 110 cm³/mol. The van der Waals surface area contributed by atoms with Crippen molar-refractivity contribution in [3.63, 3.8) is 0 Å². The fourth-order valence-electron chi connectivity index (χ4n) is 3.72. The largest absolute Gasteiger partial charge is 0.465 e. The zero-order chi connectivity index (χ0) is 19.3. The first kappa shape index (κ1) is 18.3. The average Bonchev–Trinajstić information content (AvgIpc) is 3.07. The second-order valence-corrected chi connectivity index (χ2v) is 6.94. The smallest absolute Gasteiger partial charge is 0.307 e. The van der Waals surface area contributed by atoms with Gasteiger partial charge in [-0.05, 0) is 39.9 Å². The van der Waals surface area contributed by atoms with Gasteiger partial charge in [0.05, 0.1) is 13.0 Å². The molecule has 0 fully saturated rings. The maximum Gasteiger partial charge on any atom is 0.307 e. The number of carbonyl (C=O) groups excluding carboxylic acids is 1. The molecule has 0 aliphatic heterocycles. The van der Waals surface area contributed by atoms with Gasteiger partial charge in [0.15, 0.2) is 0 Å². The Morgan fingerprint density at radius 2 is 1.50 bits per heavy atom. The van der Waals surface area contributed by atoms with Gasteiger partial charge in [-0.15, -0.1) is 0 Å². The van der Waals surface area contributed by atoms with Crippen molar-refractivity contribution in [1.29, 1.82) is 0 Å². The van der Waals surface area contributed by atoms with E-state index in [1.807, 2.05) is 48.5 Å². The molecule has 4 rings (SSSR count). The van der Waals surface area contributed by atoms with Crippen LogP contribution in [0.2, 0.25) is 0 Å². The van der Waals surface area contributed by atoms with E-state index in [1.165, 1.54) is 22.3 Å². The molecular weight excluding hydrogens is 350 g/mol. The van der Waals surface area contributed by atoms with Gasteiger partial charge in [0.1, 0.15) is 6.61 Å². The molecule has 4 nitrogen and oxygen atoms in total. The fraction of sp³-hybridized carbons (Fsp3) is 0.208. The highest BCUT2D eigenvalue weighted by Crippen LogP contribution is 2.44. The van der Waals surface area contributed by atoms with Gasteiger partial charge in [0.2, 0.25) is 0 Å². The average molecular weight is 373 g/mol. The molecule has 0 heterocycles. The summed E-state index contributed by atoms with van der Waals surface area (Å²) in [5.41, 5.74) is 6.68. The first-order valence-corrected chi connectivity index (χ1v) is 9.54. The van der Waals surface area contributed by atoms with Crippen molar-refractivity contribution in [1.82, 2.24) is 0 Å². The normalized spacial score (nSPS) is 12.3. The van der Waals surface area contributed by atoms with Crippen molar-refractivity contribution >= 4 is 11.7 Å². The summed E-state index contributed by atoms with van der Waals surface area (Å²) in [6, 6.07) is 24.1. The second-order valence-electron chi connectivity index (χ2n) is 6.94. The third kappa shape index (κ3) is 3.78. The molecule has 0 unspecified atom stereocenters. The summed E-state index contributed by atoms with van der Waals surface area (Å²) < 4.78 is 5.60. The van der Waals surface area contributed by atoms with Crippen LogP contribution in [0.3, 0.4) is 0 Å². The Labute approximate surface area is 164 Å². The zero-order valence-electron chi connectivity index (χ0n) is 15.6. The standard InChI is InChI=1S/C24H23NO3/c26-15-17-9-11-18(12-10-17)25-14-13-24(27)28-16-23-21-7-3-1-5-19(21)20-6-2-4-8-22(20)23/h1-12,23,25-26H,13-16H2. The molecule has 0 amide bonds. The molecule has 2 N–H and O–H groups in total. The maximum atomic E-state index is 12.2. The van der Waals surface area contributed by atoms with Crippen LogP contribution in [-0.4, -0.2) is 24.2 Å². The van der Waals surface area contributed by atoms with Gasteiger partial charge in [-0.25, -0.2) is 0 Å². The minimum absolute atomic E-state index is 0.0278. The van der Waals surface area contributed by atoms with Crippen molar-refractivity contribution in [2.24, 2.45) is 0 Å². The van der Waals surface area contributed by atoms with Gasteiger partial charge < -0.3 is 15.2 Å². The van der Waals surface area contributed by atoms with Crippen LogP contribution >= 0.6 is 0 Å². The molecule has 0 atom stereocenters. The van der Waals surface area contributed by atoms with Crippen molar-refractivity contribution in [3.05, 3.63) is 89.5 Å². The number of nitrogens with one attached hydrogen (secondary N) is 1. The molecule has 0 radical (unpaired) electrons. The molecule has 0 spiro atoms. The Morgan fingerprint density at radius 1 is 0.893 bits per heavy atom. The molecule has 1 aliphatic carbocycles. The molecule has 0 saturated heterocycles. The number of ether oxygens (including phenoxy) is 1. The minimum atomic E-state index is -0.207. The van der Waals surface area contributed by atoms with Crippen LogP contribution in [0.1, 0.15) is 29.0 Å². The van der Waals surface area contributed by atoms with E-state index in [-0.39, 0.29) is 18.5 Å². The molecule has 0 bridgehead atoms. The number of carbonyl (C=O) groups is 1. The summed E-state index contributed by atoms with van der Waals surface area (Å²) in [6.07, 6.45) is 0.303. The number of benzene rings is 3. The highest BCUT2D eigenvalue weighted by molar-refractivity contribution is 5.79. The van der Waals surface area contributed by atoms with Crippen molar-refractivity contribution < 1.29 is 14.6 Å². The molecule has 0 saturated carbocycles. The van der Waals surface area contributed by atoms with Crippen LogP contribution in [0.4, 0.5) is 5.69 Å². The van der Waals surface area contributed by atoms with Crippen LogP contribution < -0.4 is 5.32 Å². The Kier molecular flexibility index (Phi) is 5.40. The van der Waals surface area contributed by atoms with Crippen LogP contribution in [0.5, 0.6) is 0 Å². The molecule has 142 valence electrons. The first-order chi connectivity index (χ1) is 13.8. The van der Waals surface area contributed by atoms with Crippen molar-refractivity contribution in [2.75, 3.05) is 18.5 Å². The van der Waals surface area contributed by atoms with Gasteiger partial charge >= 0.3 is 5.97 Å². The van der Waals surface area contributed by atoms with E-state index in [9.17, 15) is 4.79 Å². The number of aliphatic hydroxyl groups is 1. The van der Waals surface area contributed by atoms with E-state index in [0.717, 1.165) is 11.3 Å². The summed E-state index contributed by atoms with van der Waals surface area (Å²) >= 11 is 0. The summed E-state index contributed by atoms with van der Waals surface area (Å²) in [5, 5.41) is 12.3. The fourth-order valence-corrected chi connectivity index (χ4v) is 3.72. The third-order valence-corrected chi connectivity index (χ3v) is 5.17. The zero-order valence-corrected chi connectivity index (χ0v) is 15.6. The first-order valence-electron chi connectivity index (χ1n) is 9.54. The van der Waals surface area contributed by atoms with Crippen molar-refractivity contribution in [3.8, 4) is 11.1 Å². The molecule has 0 aromatic heterocycles. The summed E-state index contributed by atoms with van der Waals surface area (Å²) in [7, 11) is 0. The summed E-state index contributed by atoms with van der Waals surface area (Å²) in [4.78, 5) is 12.2. The number of anilines is 1. The predicted octanol–water partition coefficient (Wildman–Crippen LogP) is 4.34. The summed E-state index contributed by atoms with van der Waals surface area (Å²) in [5.74, 6) is -0.114. The lowest BCUT2D eigenvalue weighted by atomic mass is 9.98. The van der Waals surface area contributed by atoms with E-state index < -0.39 is 0 Å². The monoisotopic (exact) mass is 373 g/mol. The molecule has 3 aromatic rings. The number of hydrogen-bond acceptors (Lipinski definition) is 4. The Hall–Kier alpha value is -3.11. The number of rotatable bonds is 7. The minimum Gasteiger partial charge on any atom is -0.465 e. The lowest BCUT2D eigenvalue weighted by molar-refractivity contribution is -0.143. The lowest BCUT2D eigenvalue weighted by Gasteiger charge is -2.14. The topological polar surface area (TPSA) is 58.6 Å². The number of aliphatic hydroxyl groups excluding tert-OH is 1. The van der Waals surface area contributed by atoms with Gasteiger partial charge in [0, 0.05) is 18.2 Å². The van der Waals surface area contributed by atoms with E-state index >= 15 is 0 Å². The second kappa shape index (κ2) is 8.28. The van der Waals surface area contributed by atoms with E-state index in [4.69, 9.17) is 9.84 Å². The van der Waals surface area contributed by atoms with Gasteiger partial charge in [-0.2, -0.15) is 0 Å². The van der Waals surface area contributed by atoms with Gasteiger partial charge in [-0.3, -0.25) is 4.79 Å².